The molecule has 2 rings (SSSR count). The normalized spacial score (nSPS) is 11.1. The molecule has 0 aliphatic rings. The van der Waals surface area contributed by atoms with E-state index in [1.165, 1.54) is 6.33 Å². The van der Waals surface area contributed by atoms with Gasteiger partial charge in [-0.1, -0.05) is 12.1 Å². The van der Waals surface area contributed by atoms with Crippen molar-refractivity contribution in [1.82, 2.24) is 9.97 Å². The highest BCUT2D eigenvalue weighted by atomic mass is 16.5. The van der Waals surface area contributed by atoms with Crippen molar-refractivity contribution in [3.63, 3.8) is 0 Å². The molecule has 0 spiro atoms. The Kier molecular flexibility index (Phi) is 4.70. The number of rotatable bonds is 5. The summed E-state index contributed by atoms with van der Waals surface area (Å²) in [6.07, 6.45) is 1.48. The number of nitrogens with zero attached hydrogens (tertiary/aromatic N) is 2. The zero-order valence-corrected chi connectivity index (χ0v) is 13.5. The fraction of sp³-hybridized carbons (Fsp3) is 0.375. The van der Waals surface area contributed by atoms with Crippen LogP contribution >= 0.6 is 0 Å². The molecule has 0 bridgehead atoms. The molecule has 0 atom stereocenters. The number of benzene rings is 1. The van der Waals surface area contributed by atoms with Crippen LogP contribution in [-0.4, -0.2) is 22.1 Å². The Bertz CT molecular complexity index is 637. The third kappa shape index (κ3) is 4.00. The van der Waals surface area contributed by atoms with E-state index < -0.39 is 0 Å². The van der Waals surface area contributed by atoms with Gasteiger partial charge in [-0.3, -0.25) is 0 Å². The Morgan fingerprint density at radius 1 is 1.14 bits per heavy atom. The summed E-state index contributed by atoms with van der Waals surface area (Å²) < 4.78 is 5.60. The standard InChI is InChI=1S/C16H23N5O/c1-5-22-12-9-7-6-8-11(12)20-14-13(17)15(19-10-18-14)21-16(2,3)4/h6-10H,5,17H2,1-4H3,(H2,18,19,20,21). The Morgan fingerprint density at radius 3 is 2.50 bits per heavy atom. The van der Waals surface area contributed by atoms with E-state index in [0.29, 0.717) is 23.9 Å². The maximum atomic E-state index is 6.17. The van der Waals surface area contributed by atoms with Gasteiger partial charge in [0, 0.05) is 5.54 Å². The van der Waals surface area contributed by atoms with E-state index in [2.05, 4.69) is 20.6 Å². The number of para-hydroxylation sites is 2. The Hall–Kier alpha value is -2.50. The Balaban J connectivity index is 2.29. The number of nitrogen functional groups attached to an aromatic ring is 1. The van der Waals surface area contributed by atoms with Crippen LogP contribution < -0.4 is 21.1 Å². The highest BCUT2D eigenvalue weighted by molar-refractivity contribution is 5.79. The zero-order valence-electron chi connectivity index (χ0n) is 13.5. The third-order valence-corrected chi connectivity index (χ3v) is 2.82. The molecule has 0 aliphatic carbocycles. The molecule has 0 amide bonds. The molecule has 2 aromatic rings. The first-order valence-electron chi connectivity index (χ1n) is 7.28. The van der Waals surface area contributed by atoms with E-state index in [1.54, 1.807) is 0 Å². The number of aromatic nitrogens is 2. The lowest BCUT2D eigenvalue weighted by molar-refractivity contribution is 0.342. The number of nitrogens with two attached hydrogens (primary N) is 1. The first-order valence-corrected chi connectivity index (χ1v) is 7.28. The van der Waals surface area contributed by atoms with Crippen LogP contribution in [0.2, 0.25) is 0 Å². The van der Waals surface area contributed by atoms with E-state index in [0.717, 1.165) is 11.4 Å². The van der Waals surface area contributed by atoms with Crippen molar-refractivity contribution in [2.24, 2.45) is 0 Å². The van der Waals surface area contributed by atoms with Crippen molar-refractivity contribution in [3.8, 4) is 5.75 Å². The fourth-order valence-electron chi connectivity index (χ4n) is 1.93. The summed E-state index contributed by atoms with van der Waals surface area (Å²) in [5.41, 5.74) is 7.33. The van der Waals surface area contributed by atoms with Gasteiger partial charge in [0.05, 0.1) is 12.3 Å². The molecule has 6 heteroatoms. The minimum Gasteiger partial charge on any atom is -0.492 e. The summed E-state index contributed by atoms with van der Waals surface area (Å²) in [5, 5.41) is 6.48. The molecule has 1 aromatic heterocycles. The number of nitrogens with one attached hydrogen (secondary N) is 2. The lowest BCUT2D eigenvalue weighted by Crippen LogP contribution is -2.27. The van der Waals surface area contributed by atoms with Gasteiger partial charge in [0.25, 0.3) is 0 Å². The highest BCUT2D eigenvalue weighted by Crippen LogP contribution is 2.31. The fourth-order valence-corrected chi connectivity index (χ4v) is 1.93. The van der Waals surface area contributed by atoms with Crippen LogP contribution in [0.3, 0.4) is 0 Å². The molecule has 1 heterocycles. The van der Waals surface area contributed by atoms with Gasteiger partial charge in [-0.2, -0.15) is 0 Å². The van der Waals surface area contributed by atoms with Crippen molar-refractivity contribution in [2.45, 2.75) is 33.2 Å². The number of hydrogen-bond donors (Lipinski definition) is 3. The van der Waals surface area contributed by atoms with E-state index in [9.17, 15) is 0 Å². The predicted molar refractivity (Wildman–Crippen MR) is 90.7 cm³/mol. The second-order valence-electron chi connectivity index (χ2n) is 5.91. The Labute approximate surface area is 131 Å². The first kappa shape index (κ1) is 15.9. The van der Waals surface area contributed by atoms with Crippen LogP contribution in [0.25, 0.3) is 0 Å². The van der Waals surface area contributed by atoms with E-state index in [1.807, 2.05) is 52.0 Å². The quantitative estimate of drug-likeness (QED) is 0.784. The largest absolute Gasteiger partial charge is 0.492 e. The molecule has 0 unspecified atom stereocenters. The summed E-state index contributed by atoms with van der Waals surface area (Å²) in [6.45, 7) is 8.68. The lowest BCUT2D eigenvalue weighted by atomic mass is 10.1. The van der Waals surface area contributed by atoms with Gasteiger partial charge in [0.2, 0.25) is 0 Å². The van der Waals surface area contributed by atoms with Crippen LogP contribution in [0, 0.1) is 0 Å². The van der Waals surface area contributed by atoms with Gasteiger partial charge in [-0.15, -0.1) is 0 Å². The second-order valence-corrected chi connectivity index (χ2v) is 5.91. The number of ether oxygens (including phenoxy) is 1. The molecule has 0 aliphatic heterocycles. The van der Waals surface area contributed by atoms with E-state index in [4.69, 9.17) is 10.5 Å². The van der Waals surface area contributed by atoms with Gasteiger partial charge in [-0.05, 0) is 39.8 Å². The van der Waals surface area contributed by atoms with Crippen LogP contribution in [-0.2, 0) is 0 Å². The summed E-state index contributed by atoms with van der Waals surface area (Å²) in [6, 6.07) is 7.67. The SMILES string of the molecule is CCOc1ccccc1Nc1ncnc(NC(C)(C)C)c1N. The van der Waals surface area contributed by atoms with Gasteiger partial charge in [0.1, 0.15) is 17.8 Å². The van der Waals surface area contributed by atoms with Crippen molar-refractivity contribution in [1.29, 1.82) is 0 Å². The predicted octanol–water partition coefficient (Wildman–Crippen LogP) is 3.41. The molecule has 22 heavy (non-hydrogen) atoms. The first-order chi connectivity index (χ1) is 10.4. The molecule has 0 saturated carbocycles. The molecule has 1 aromatic carbocycles. The molecule has 0 radical (unpaired) electrons. The minimum atomic E-state index is -0.136. The van der Waals surface area contributed by atoms with Crippen molar-refractivity contribution in [2.75, 3.05) is 23.0 Å². The zero-order chi connectivity index (χ0) is 16.2. The lowest BCUT2D eigenvalue weighted by Gasteiger charge is -2.23. The maximum Gasteiger partial charge on any atom is 0.159 e. The van der Waals surface area contributed by atoms with Crippen LogP contribution in [0.5, 0.6) is 5.75 Å². The number of hydrogen-bond acceptors (Lipinski definition) is 6. The third-order valence-electron chi connectivity index (χ3n) is 2.82. The monoisotopic (exact) mass is 301 g/mol. The molecule has 4 N–H and O–H groups in total. The summed E-state index contributed by atoms with van der Waals surface area (Å²) >= 11 is 0. The van der Waals surface area contributed by atoms with Crippen molar-refractivity contribution < 1.29 is 4.74 Å². The summed E-state index contributed by atoms with van der Waals surface area (Å²) in [7, 11) is 0. The molecular weight excluding hydrogens is 278 g/mol. The van der Waals surface area contributed by atoms with Gasteiger partial charge < -0.3 is 21.1 Å². The van der Waals surface area contributed by atoms with Crippen LogP contribution in [0.1, 0.15) is 27.7 Å². The van der Waals surface area contributed by atoms with Crippen molar-refractivity contribution in [3.05, 3.63) is 30.6 Å². The van der Waals surface area contributed by atoms with Gasteiger partial charge in [-0.25, -0.2) is 9.97 Å². The molecule has 0 saturated heterocycles. The van der Waals surface area contributed by atoms with Gasteiger partial charge >= 0.3 is 0 Å². The molecule has 118 valence electrons. The average Bonchev–Trinajstić information content (AvgIpc) is 2.44. The highest BCUT2D eigenvalue weighted by Gasteiger charge is 2.15. The summed E-state index contributed by atoms with van der Waals surface area (Å²) in [5.74, 6) is 1.92. The van der Waals surface area contributed by atoms with Crippen LogP contribution in [0.15, 0.2) is 30.6 Å². The Morgan fingerprint density at radius 2 is 1.82 bits per heavy atom. The maximum absolute atomic E-state index is 6.17. The number of anilines is 4. The van der Waals surface area contributed by atoms with Gasteiger partial charge in [0.15, 0.2) is 11.6 Å². The molecule has 6 nitrogen and oxygen atoms in total. The van der Waals surface area contributed by atoms with E-state index in [-0.39, 0.29) is 5.54 Å². The summed E-state index contributed by atoms with van der Waals surface area (Å²) in [4.78, 5) is 8.43. The molecule has 0 fully saturated rings. The van der Waals surface area contributed by atoms with Crippen molar-refractivity contribution >= 4 is 23.0 Å². The second kappa shape index (κ2) is 6.51. The minimum absolute atomic E-state index is 0.136. The van der Waals surface area contributed by atoms with Crippen LogP contribution in [0.4, 0.5) is 23.0 Å². The topological polar surface area (TPSA) is 85.1 Å². The van der Waals surface area contributed by atoms with E-state index >= 15 is 0 Å². The average molecular weight is 301 g/mol. The molecular formula is C16H23N5O. The smallest absolute Gasteiger partial charge is 0.159 e.